The van der Waals surface area contributed by atoms with Crippen LogP contribution in [-0.2, 0) is 16.0 Å². The number of ether oxygens (including phenoxy) is 1. The highest BCUT2D eigenvalue weighted by Crippen LogP contribution is 2.28. The van der Waals surface area contributed by atoms with E-state index in [9.17, 15) is 14.7 Å². The van der Waals surface area contributed by atoms with Gasteiger partial charge in [0.1, 0.15) is 5.75 Å². The molecule has 0 unspecified atom stereocenters. The van der Waals surface area contributed by atoms with Crippen molar-refractivity contribution in [1.82, 2.24) is 5.32 Å². The van der Waals surface area contributed by atoms with E-state index in [0.717, 1.165) is 22.1 Å². The van der Waals surface area contributed by atoms with Crippen molar-refractivity contribution in [2.24, 2.45) is 0 Å². The molecule has 116 valence electrons. The molecule has 0 bridgehead atoms. The highest BCUT2D eigenvalue weighted by atomic mass is 16.5. The number of carboxylic acids is 1. The first-order valence-corrected chi connectivity index (χ1v) is 7.13. The molecule has 0 fully saturated rings. The van der Waals surface area contributed by atoms with Gasteiger partial charge in [-0.15, -0.1) is 0 Å². The van der Waals surface area contributed by atoms with Crippen LogP contribution >= 0.6 is 0 Å². The summed E-state index contributed by atoms with van der Waals surface area (Å²) >= 11 is 0. The van der Waals surface area contributed by atoms with Gasteiger partial charge < -0.3 is 20.0 Å². The number of hydrogen-bond donors (Lipinski definition) is 1. The molecule has 1 amide bonds. The number of nitrogens with one attached hydrogen (secondary N) is 1. The standard InChI is InChI=1S/C17H19NO4/c1-22-15-7-6-12-4-2-3-5-13(12)14(15)10-11-18-16(19)8-9-17(20)21/h2-7H,8-11H2,1H3,(H,18,19)(H,20,21)/p-1. The van der Waals surface area contributed by atoms with Crippen LogP contribution in [0, 0.1) is 0 Å². The fourth-order valence-electron chi connectivity index (χ4n) is 2.40. The summed E-state index contributed by atoms with van der Waals surface area (Å²) in [6, 6.07) is 11.9. The first-order valence-electron chi connectivity index (χ1n) is 7.13. The number of fused-ring (bicyclic) bond motifs is 1. The van der Waals surface area contributed by atoms with Crippen LogP contribution in [0.15, 0.2) is 36.4 Å². The Balaban J connectivity index is 2.04. The average molecular weight is 300 g/mol. The van der Waals surface area contributed by atoms with Gasteiger partial charge in [0.2, 0.25) is 5.91 Å². The van der Waals surface area contributed by atoms with Gasteiger partial charge in [-0.2, -0.15) is 0 Å². The molecule has 2 aromatic rings. The lowest BCUT2D eigenvalue weighted by Crippen LogP contribution is -2.29. The third kappa shape index (κ3) is 3.97. The van der Waals surface area contributed by atoms with Gasteiger partial charge in [-0.25, -0.2) is 0 Å². The van der Waals surface area contributed by atoms with Crippen molar-refractivity contribution in [3.63, 3.8) is 0 Å². The monoisotopic (exact) mass is 300 g/mol. The minimum atomic E-state index is -1.22. The van der Waals surface area contributed by atoms with E-state index in [4.69, 9.17) is 4.74 Å². The minimum absolute atomic E-state index is 0.0605. The van der Waals surface area contributed by atoms with Gasteiger partial charge in [0.15, 0.2) is 0 Å². The van der Waals surface area contributed by atoms with Crippen molar-refractivity contribution < 1.29 is 19.4 Å². The number of rotatable bonds is 7. The van der Waals surface area contributed by atoms with Crippen LogP contribution < -0.4 is 15.2 Å². The summed E-state index contributed by atoms with van der Waals surface area (Å²) < 4.78 is 5.39. The molecule has 0 aromatic heterocycles. The first-order chi connectivity index (χ1) is 10.6. The van der Waals surface area contributed by atoms with Crippen molar-refractivity contribution in [1.29, 1.82) is 0 Å². The van der Waals surface area contributed by atoms with Gasteiger partial charge in [-0.1, -0.05) is 30.3 Å². The number of amides is 1. The molecule has 1 N–H and O–H groups in total. The molecule has 0 heterocycles. The molecule has 0 saturated heterocycles. The number of methoxy groups -OCH3 is 1. The number of carbonyl (C=O) groups is 2. The van der Waals surface area contributed by atoms with E-state index in [1.54, 1.807) is 7.11 Å². The Morgan fingerprint density at radius 3 is 2.64 bits per heavy atom. The fourth-order valence-corrected chi connectivity index (χ4v) is 2.40. The van der Waals surface area contributed by atoms with Crippen molar-refractivity contribution in [3.8, 4) is 5.75 Å². The van der Waals surface area contributed by atoms with Crippen LogP contribution in [0.2, 0.25) is 0 Å². The predicted octanol–water partition coefficient (Wildman–Crippen LogP) is 1.04. The normalized spacial score (nSPS) is 10.4. The van der Waals surface area contributed by atoms with Crippen LogP contribution in [0.25, 0.3) is 10.8 Å². The molecular formula is C17H18NO4-. The third-order valence-corrected chi connectivity index (χ3v) is 3.47. The summed E-state index contributed by atoms with van der Waals surface area (Å²) in [5, 5.41) is 15.2. The Morgan fingerprint density at radius 1 is 1.14 bits per heavy atom. The van der Waals surface area contributed by atoms with Crippen molar-refractivity contribution in [3.05, 3.63) is 42.0 Å². The van der Waals surface area contributed by atoms with E-state index in [-0.39, 0.29) is 18.7 Å². The number of carboxylic acid groups (broad SMARTS) is 1. The molecule has 22 heavy (non-hydrogen) atoms. The second-order valence-corrected chi connectivity index (χ2v) is 4.94. The Bertz CT molecular complexity index is 681. The van der Waals surface area contributed by atoms with Gasteiger partial charge >= 0.3 is 0 Å². The lowest BCUT2D eigenvalue weighted by molar-refractivity contribution is -0.305. The molecule has 0 spiro atoms. The van der Waals surface area contributed by atoms with Crippen molar-refractivity contribution in [2.45, 2.75) is 19.3 Å². The van der Waals surface area contributed by atoms with Crippen LogP contribution in [0.5, 0.6) is 5.75 Å². The number of benzene rings is 2. The molecule has 0 atom stereocenters. The molecule has 2 aromatic carbocycles. The van der Waals surface area contributed by atoms with E-state index >= 15 is 0 Å². The number of hydrogen-bond acceptors (Lipinski definition) is 4. The second kappa shape index (κ2) is 7.45. The fraction of sp³-hybridized carbons (Fsp3) is 0.294. The summed E-state index contributed by atoms with van der Waals surface area (Å²) in [6.45, 7) is 0.427. The zero-order valence-electron chi connectivity index (χ0n) is 12.4. The lowest BCUT2D eigenvalue weighted by Gasteiger charge is -2.13. The van der Waals surface area contributed by atoms with E-state index in [1.807, 2.05) is 36.4 Å². The summed E-state index contributed by atoms with van der Waals surface area (Å²) in [7, 11) is 1.62. The number of carbonyl (C=O) groups excluding carboxylic acids is 2. The van der Waals surface area contributed by atoms with Gasteiger partial charge in [-0.05, 0) is 29.7 Å². The SMILES string of the molecule is COc1ccc2ccccc2c1CCNC(=O)CCC(=O)[O-]. The zero-order chi connectivity index (χ0) is 15.9. The molecule has 0 aliphatic rings. The largest absolute Gasteiger partial charge is 0.550 e. The minimum Gasteiger partial charge on any atom is -0.550 e. The van der Waals surface area contributed by atoms with E-state index in [0.29, 0.717) is 13.0 Å². The molecule has 0 aliphatic carbocycles. The molecule has 0 aliphatic heterocycles. The Labute approximate surface area is 128 Å². The Hall–Kier alpha value is -2.56. The predicted molar refractivity (Wildman–Crippen MR) is 81.5 cm³/mol. The highest BCUT2D eigenvalue weighted by molar-refractivity contribution is 5.88. The maximum atomic E-state index is 11.5. The van der Waals surface area contributed by atoms with E-state index in [2.05, 4.69) is 5.32 Å². The average Bonchev–Trinajstić information content (AvgIpc) is 2.53. The van der Waals surface area contributed by atoms with Crippen molar-refractivity contribution in [2.75, 3.05) is 13.7 Å². The highest BCUT2D eigenvalue weighted by Gasteiger charge is 2.09. The molecule has 5 nitrogen and oxygen atoms in total. The van der Waals surface area contributed by atoms with Gasteiger partial charge in [-0.3, -0.25) is 4.79 Å². The van der Waals surface area contributed by atoms with E-state index in [1.165, 1.54) is 0 Å². The van der Waals surface area contributed by atoms with Crippen LogP contribution in [0.1, 0.15) is 18.4 Å². The zero-order valence-corrected chi connectivity index (χ0v) is 12.4. The maximum Gasteiger partial charge on any atom is 0.220 e. The topological polar surface area (TPSA) is 78.5 Å². The molecule has 0 saturated carbocycles. The van der Waals surface area contributed by atoms with Crippen LogP contribution in [-0.4, -0.2) is 25.5 Å². The lowest BCUT2D eigenvalue weighted by atomic mass is 10.0. The van der Waals surface area contributed by atoms with E-state index < -0.39 is 5.97 Å². The quantitative estimate of drug-likeness (QED) is 0.828. The van der Waals surface area contributed by atoms with Gasteiger partial charge in [0.25, 0.3) is 0 Å². The smallest absolute Gasteiger partial charge is 0.220 e. The van der Waals surface area contributed by atoms with Crippen molar-refractivity contribution >= 4 is 22.6 Å². The summed E-state index contributed by atoms with van der Waals surface area (Å²) in [5.41, 5.74) is 1.03. The van der Waals surface area contributed by atoms with Crippen LogP contribution in [0.4, 0.5) is 0 Å². The summed E-state index contributed by atoms with van der Waals surface area (Å²) in [5.74, 6) is -0.725. The molecular weight excluding hydrogens is 282 g/mol. The van der Waals surface area contributed by atoms with Gasteiger partial charge in [0, 0.05) is 24.5 Å². The molecule has 5 heteroatoms. The molecule has 0 radical (unpaired) electrons. The Kier molecular flexibility index (Phi) is 5.36. The van der Waals surface area contributed by atoms with Crippen LogP contribution in [0.3, 0.4) is 0 Å². The third-order valence-electron chi connectivity index (χ3n) is 3.47. The Morgan fingerprint density at radius 2 is 1.91 bits per heavy atom. The molecule has 2 rings (SSSR count). The van der Waals surface area contributed by atoms with Gasteiger partial charge in [0.05, 0.1) is 7.11 Å². The second-order valence-electron chi connectivity index (χ2n) is 4.94. The summed E-state index contributed by atoms with van der Waals surface area (Å²) in [6.07, 6.45) is 0.292. The number of aliphatic carboxylic acids is 1. The first kappa shape index (κ1) is 15.8. The summed E-state index contributed by atoms with van der Waals surface area (Å²) in [4.78, 5) is 21.8. The maximum absolute atomic E-state index is 11.5.